The number of likely N-dealkylation sites (tertiary alicyclic amines) is 1. The summed E-state index contributed by atoms with van der Waals surface area (Å²) in [4.78, 5) is 15.0. The smallest absolute Gasteiger partial charge is 0.345 e. The SMILES string of the molecule is O=C(O)C(O)(c1ccccc1)c1cc(CC2CCN(Cc3ccccc3)CC2)cc(OCC2CCNCC2)c1. The Balaban J connectivity index is 1.34. The number of ether oxygens (including phenoxy) is 1. The van der Waals surface area contributed by atoms with Gasteiger partial charge >= 0.3 is 5.97 Å². The second-order valence-corrected chi connectivity index (χ2v) is 11.2. The van der Waals surface area contributed by atoms with Gasteiger partial charge in [0.2, 0.25) is 5.60 Å². The molecule has 1 atom stereocenters. The van der Waals surface area contributed by atoms with Gasteiger partial charge in [-0.05, 0) is 98.9 Å². The highest BCUT2D eigenvalue weighted by atomic mass is 16.5. The van der Waals surface area contributed by atoms with Crippen LogP contribution in [-0.2, 0) is 23.4 Å². The molecular formula is C33H40N2O4. The first-order valence-corrected chi connectivity index (χ1v) is 14.3. The van der Waals surface area contributed by atoms with Crippen LogP contribution in [0.1, 0.15) is 47.9 Å². The summed E-state index contributed by atoms with van der Waals surface area (Å²) in [6, 6.07) is 24.9. The molecule has 2 heterocycles. The zero-order chi connectivity index (χ0) is 27.1. The molecule has 1 unspecified atom stereocenters. The number of carboxylic acid groups (broad SMARTS) is 1. The number of nitrogens with zero attached hydrogens (tertiary/aromatic N) is 1. The summed E-state index contributed by atoms with van der Waals surface area (Å²) in [5.74, 6) is 0.321. The zero-order valence-electron chi connectivity index (χ0n) is 22.6. The first-order valence-electron chi connectivity index (χ1n) is 14.3. The van der Waals surface area contributed by atoms with Crippen LogP contribution in [0.3, 0.4) is 0 Å². The van der Waals surface area contributed by atoms with E-state index in [-0.39, 0.29) is 0 Å². The monoisotopic (exact) mass is 528 g/mol. The van der Waals surface area contributed by atoms with E-state index in [1.165, 1.54) is 5.56 Å². The zero-order valence-corrected chi connectivity index (χ0v) is 22.6. The Kier molecular flexibility index (Phi) is 8.97. The second kappa shape index (κ2) is 12.8. The first-order chi connectivity index (χ1) is 19.0. The molecule has 0 aliphatic carbocycles. The average Bonchev–Trinajstić information content (AvgIpc) is 2.98. The van der Waals surface area contributed by atoms with Gasteiger partial charge in [-0.2, -0.15) is 0 Å². The van der Waals surface area contributed by atoms with Crippen LogP contribution in [-0.4, -0.2) is 53.9 Å². The van der Waals surface area contributed by atoms with E-state index in [9.17, 15) is 15.0 Å². The maximum atomic E-state index is 12.5. The van der Waals surface area contributed by atoms with Gasteiger partial charge in [0.05, 0.1) is 6.61 Å². The normalized spacial score (nSPS) is 18.9. The van der Waals surface area contributed by atoms with Crippen molar-refractivity contribution < 1.29 is 19.7 Å². The number of carboxylic acids is 1. The lowest BCUT2D eigenvalue weighted by Gasteiger charge is -2.32. The van der Waals surface area contributed by atoms with Crippen LogP contribution in [0, 0.1) is 11.8 Å². The van der Waals surface area contributed by atoms with E-state index in [1.54, 1.807) is 30.3 Å². The molecule has 0 aromatic heterocycles. The number of rotatable bonds is 10. The Morgan fingerprint density at radius 3 is 2.18 bits per heavy atom. The van der Waals surface area contributed by atoms with E-state index in [1.807, 2.05) is 18.2 Å². The molecule has 2 aliphatic heterocycles. The Morgan fingerprint density at radius 2 is 1.51 bits per heavy atom. The van der Waals surface area contributed by atoms with Crippen molar-refractivity contribution in [3.63, 3.8) is 0 Å². The number of benzene rings is 3. The molecule has 0 spiro atoms. The van der Waals surface area contributed by atoms with E-state index >= 15 is 0 Å². The van der Waals surface area contributed by atoms with Gasteiger partial charge < -0.3 is 20.3 Å². The molecule has 6 heteroatoms. The van der Waals surface area contributed by atoms with Crippen LogP contribution in [0.4, 0.5) is 0 Å². The van der Waals surface area contributed by atoms with Crippen molar-refractivity contribution in [2.75, 3.05) is 32.8 Å². The quantitative estimate of drug-likeness (QED) is 0.349. The van der Waals surface area contributed by atoms with E-state index in [2.05, 4.69) is 40.5 Å². The summed E-state index contributed by atoms with van der Waals surface area (Å²) in [7, 11) is 0. The standard InChI is InChI=1S/C33H40N2O4/c36-32(37)33(38,29-9-5-2-6-10-29)30-20-28(21-31(22-30)39-24-27-11-15-34-16-12-27)19-25-13-17-35(18-14-25)23-26-7-3-1-4-8-26/h1-10,20-22,25,27,34,38H,11-19,23-24H2,(H,36,37). The summed E-state index contributed by atoms with van der Waals surface area (Å²) in [5.41, 5.74) is 0.898. The Morgan fingerprint density at radius 1 is 0.846 bits per heavy atom. The Bertz CT molecular complexity index is 1200. The van der Waals surface area contributed by atoms with Crippen molar-refractivity contribution in [2.45, 2.75) is 44.2 Å². The molecule has 0 radical (unpaired) electrons. The number of hydrogen-bond donors (Lipinski definition) is 3. The molecule has 0 saturated carbocycles. The third-order valence-electron chi connectivity index (χ3n) is 8.31. The highest BCUT2D eigenvalue weighted by Crippen LogP contribution is 2.35. The van der Waals surface area contributed by atoms with Crippen LogP contribution < -0.4 is 10.1 Å². The summed E-state index contributed by atoms with van der Waals surface area (Å²) in [6.07, 6.45) is 5.14. The van der Waals surface area contributed by atoms with Gasteiger partial charge in [0.15, 0.2) is 0 Å². The predicted octanol–water partition coefficient (Wildman–Crippen LogP) is 4.84. The van der Waals surface area contributed by atoms with Gasteiger partial charge in [-0.15, -0.1) is 0 Å². The molecule has 5 rings (SSSR count). The topological polar surface area (TPSA) is 82.0 Å². The van der Waals surface area contributed by atoms with E-state index in [0.717, 1.165) is 70.4 Å². The molecule has 3 aromatic carbocycles. The van der Waals surface area contributed by atoms with Gasteiger partial charge in [-0.1, -0.05) is 66.7 Å². The highest BCUT2D eigenvalue weighted by molar-refractivity contribution is 5.84. The largest absolute Gasteiger partial charge is 0.493 e. The molecule has 3 aromatic rings. The number of aliphatic hydroxyl groups is 1. The number of carbonyl (C=O) groups is 1. The summed E-state index contributed by atoms with van der Waals surface area (Å²) >= 11 is 0. The number of nitrogens with one attached hydrogen (secondary N) is 1. The van der Waals surface area contributed by atoms with Gasteiger partial charge in [0.1, 0.15) is 5.75 Å². The van der Waals surface area contributed by atoms with E-state index in [0.29, 0.717) is 35.3 Å². The molecule has 0 amide bonds. The average molecular weight is 529 g/mol. The van der Waals surface area contributed by atoms with Gasteiger partial charge in [0, 0.05) is 12.1 Å². The van der Waals surface area contributed by atoms with Gasteiger partial charge in [0.25, 0.3) is 0 Å². The van der Waals surface area contributed by atoms with E-state index < -0.39 is 11.6 Å². The minimum absolute atomic E-state index is 0.341. The Labute approximate surface area is 231 Å². The van der Waals surface area contributed by atoms with Crippen LogP contribution in [0.15, 0.2) is 78.9 Å². The van der Waals surface area contributed by atoms with Crippen molar-refractivity contribution in [1.82, 2.24) is 10.2 Å². The van der Waals surface area contributed by atoms with Crippen molar-refractivity contribution in [3.8, 4) is 5.75 Å². The molecule has 39 heavy (non-hydrogen) atoms. The molecule has 6 nitrogen and oxygen atoms in total. The van der Waals surface area contributed by atoms with Crippen molar-refractivity contribution in [1.29, 1.82) is 0 Å². The number of hydrogen-bond acceptors (Lipinski definition) is 5. The van der Waals surface area contributed by atoms with E-state index in [4.69, 9.17) is 4.74 Å². The lowest BCUT2D eigenvalue weighted by atomic mass is 9.83. The number of aliphatic carboxylic acids is 1. The fourth-order valence-corrected chi connectivity index (χ4v) is 5.95. The highest BCUT2D eigenvalue weighted by Gasteiger charge is 2.41. The molecule has 2 aliphatic rings. The third kappa shape index (κ3) is 6.88. The fourth-order valence-electron chi connectivity index (χ4n) is 5.95. The molecule has 206 valence electrons. The van der Waals surface area contributed by atoms with Crippen molar-refractivity contribution in [3.05, 3.63) is 101 Å². The molecule has 2 fully saturated rings. The van der Waals surface area contributed by atoms with Gasteiger partial charge in [-0.3, -0.25) is 4.90 Å². The summed E-state index contributed by atoms with van der Waals surface area (Å²) in [6.45, 7) is 5.65. The molecule has 2 saturated heterocycles. The molecular weight excluding hydrogens is 488 g/mol. The Hall–Kier alpha value is -3.19. The minimum atomic E-state index is -2.15. The molecule has 3 N–H and O–H groups in total. The van der Waals surface area contributed by atoms with Crippen LogP contribution >= 0.6 is 0 Å². The molecule has 0 bridgehead atoms. The lowest BCUT2D eigenvalue weighted by molar-refractivity contribution is -0.155. The summed E-state index contributed by atoms with van der Waals surface area (Å²) < 4.78 is 6.27. The first kappa shape index (κ1) is 27.4. The predicted molar refractivity (Wildman–Crippen MR) is 153 cm³/mol. The van der Waals surface area contributed by atoms with Crippen LogP contribution in [0.2, 0.25) is 0 Å². The maximum Gasteiger partial charge on any atom is 0.345 e. The maximum absolute atomic E-state index is 12.5. The lowest BCUT2D eigenvalue weighted by Crippen LogP contribution is -2.37. The van der Waals surface area contributed by atoms with Crippen LogP contribution in [0.5, 0.6) is 5.75 Å². The van der Waals surface area contributed by atoms with Crippen molar-refractivity contribution >= 4 is 5.97 Å². The minimum Gasteiger partial charge on any atom is -0.493 e. The fraction of sp³-hybridized carbons (Fsp3) is 0.424. The number of piperidine rings is 2. The second-order valence-electron chi connectivity index (χ2n) is 11.2. The van der Waals surface area contributed by atoms with Crippen LogP contribution in [0.25, 0.3) is 0 Å². The van der Waals surface area contributed by atoms with Crippen molar-refractivity contribution in [2.24, 2.45) is 11.8 Å². The third-order valence-corrected chi connectivity index (χ3v) is 8.31. The summed E-state index contributed by atoms with van der Waals surface area (Å²) in [5, 5.41) is 25.2. The van der Waals surface area contributed by atoms with Gasteiger partial charge in [-0.25, -0.2) is 4.79 Å².